The molecule has 0 aliphatic heterocycles. The van der Waals surface area contributed by atoms with E-state index >= 15 is 0 Å². The van der Waals surface area contributed by atoms with Crippen molar-refractivity contribution in [3.8, 4) is 0 Å². The molecule has 18 heavy (non-hydrogen) atoms. The maximum Gasteiger partial charge on any atom is 0.411 e. The lowest BCUT2D eigenvalue weighted by molar-refractivity contribution is -0.173. The third kappa shape index (κ3) is 5.27. The monoisotopic (exact) mass is 284 g/mol. The number of hydrogen-bond donors (Lipinski definition) is 2. The van der Waals surface area contributed by atoms with E-state index in [0.717, 1.165) is 11.3 Å². The molecule has 0 radical (unpaired) electrons. The van der Waals surface area contributed by atoms with Crippen molar-refractivity contribution < 1.29 is 22.7 Å². The zero-order chi connectivity index (χ0) is 13.6. The van der Waals surface area contributed by atoms with Crippen LogP contribution in [0.15, 0.2) is 0 Å². The van der Waals surface area contributed by atoms with Gasteiger partial charge in [0.05, 0.1) is 6.61 Å². The number of alkyl halides is 3. The molecule has 1 aromatic rings. The van der Waals surface area contributed by atoms with E-state index in [2.05, 4.69) is 25.6 Å². The first-order chi connectivity index (χ1) is 8.42. The van der Waals surface area contributed by atoms with Crippen LogP contribution in [0.2, 0.25) is 0 Å². The van der Waals surface area contributed by atoms with Crippen LogP contribution in [0.25, 0.3) is 0 Å². The van der Waals surface area contributed by atoms with Crippen LogP contribution in [0, 0.1) is 0 Å². The van der Waals surface area contributed by atoms with Gasteiger partial charge in [-0.3, -0.25) is 4.79 Å². The Morgan fingerprint density at radius 1 is 1.44 bits per heavy atom. The number of rotatable bonds is 6. The lowest BCUT2D eigenvalue weighted by Gasteiger charge is -2.07. The summed E-state index contributed by atoms with van der Waals surface area (Å²) in [6, 6.07) is 0. The Hall–Kier alpha value is -1.42. The summed E-state index contributed by atoms with van der Waals surface area (Å²) in [7, 11) is 1.63. The van der Waals surface area contributed by atoms with Crippen LogP contribution in [0.1, 0.15) is 9.80 Å². The Morgan fingerprint density at radius 3 is 2.72 bits per heavy atom. The van der Waals surface area contributed by atoms with Gasteiger partial charge in [-0.15, -0.1) is 10.2 Å². The Balaban J connectivity index is 2.21. The maximum absolute atomic E-state index is 11.7. The molecule has 0 spiro atoms. The summed E-state index contributed by atoms with van der Waals surface area (Å²) < 4.78 is 39.5. The van der Waals surface area contributed by atoms with E-state index in [1.807, 2.05) is 0 Å². The van der Waals surface area contributed by atoms with Crippen molar-refractivity contribution in [3.05, 3.63) is 5.01 Å². The number of nitrogens with zero attached hydrogens (tertiary/aromatic N) is 2. The Bertz CT molecular complexity index is 396. The van der Waals surface area contributed by atoms with E-state index < -0.39 is 18.7 Å². The molecule has 1 heterocycles. The molecule has 6 nitrogen and oxygen atoms in total. The van der Waals surface area contributed by atoms with Crippen LogP contribution in [0.3, 0.4) is 0 Å². The number of amides is 1. The van der Waals surface area contributed by atoms with Crippen molar-refractivity contribution in [2.75, 3.05) is 32.1 Å². The Labute approximate surface area is 105 Å². The minimum atomic E-state index is -4.36. The Kier molecular flexibility index (Phi) is 5.28. The molecule has 10 heteroatoms. The van der Waals surface area contributed by atoms with Gasteiger partial charge in [-0.1, -0.05) is 11.3 Å². The maximum atomic E-state index is 11.7. The molecule has 1 rings (SSSR count). The molecule has 0 unspecified atom stereocenters. The topological polar surface area (TPSA) is 76.1 Å². The fourth-order valence-electron chi connectivity index (χ4n) is 0.916. The second-order valence-electron chi connectivity index (χ2n) is 3.09. The number of carbonyl (C=O) groups excluding carboxylic acids is 1. The Morgan fingerprint density at radius 2 is 2.17 bits per heavy atom. The summed E-state index contributed by atoms with van der Waals surface area (Å²) in [6.07, 6.45) is -4.36. The van der Waals surface area contributed by atoms with E-state index in [0.29, 0.717) is 5.13 Å². The minimum absolute atomic E-state index is 0.0244. The molecule has 0 aliphatic carbocycles. The van der Waals surface area contributed by atoms with Crippen molar-refractivity contribution in [2.24, 2.45) is 0 Å². The minimum Gasteiger partial charge on any atom is -0.370 e. The molecule has 2 N–H and O–H groups in total. The lowest BCUT2D eigenvalue weighted by atomic mass is 10.6. The number of nitrogens with one attached hydrogen (secondary N) is 2. The molecule has 0 aliphatic rings. The first kappa shape index (κ1) is 14.6. The van der Waals surface area contributed by atoms with Crippen molar-refractivity contribution in [2.45, 2.75) is 6.18 Å². The largest absolute Gasteiger partial charge is 0.411 e. The molecule has 0 fully saturated rings. The third-order valence-electron chi connectivity index (χ3n) is 1.63. The molecule has 0 atom stereocenters. The van der Waals surface area contributed by atoms with Gasteiger partial charge in [0, 0.05) is 13.6 Å². The highest BCUT2D eigenvalue weighted by Gasteiger charge is 2.27. The predicted octanol–water partition coefficient (Wildman–Crippen LogP) is 0.889. The molecule has 0 saturated carbocycles. The summed E-state index contributed by atoms with van der Waals surface area (Å²) in [5.74, 6) is -0.496. The van der Waals surface area contributed by atoms with Crippen LogP contribution in [0.4, 0.5) is 18.3 Å². The predicted molar refractivity (Wildman–Crippen MR) is 58.7 cm³/mol. The van der Waals surface area contributed by atoms with E-state index in [4.69, 9.17) is 0 Å². The smallest absolute Gasteiger partial charge is 0.370 e. The first-order valence-corrected chi connectivity index (χ1v) is 5.68. The van der Waals surface area contributed by atoms with Crippen LogP contribution < -0.4 is 10.6 Å². The molecule has 0 bridgehead atoms. The highest BCUT2D eigenvalue weighted by Crippen LogP contribution is 2.14. The second kappa shape index (κ2) is 6.50. The van der Waals surface area contributed by atoms with Gasteiger partial charge in [-0.25, -0.2) is 0 Å². The second-order valence-corrected chi connectivity index (χ2v) is 4.06. The average molecular weight is 284 g/mol. The third-order valence-corrected chi connectivity index (χ3v) is 2.57. The number of carbonyl (C=O) groups is 1. The van der Waals surface area contributed by atoms with Crippen molar-refractivity contribution >= 4 is 22.4 Å². The quantitative estimate of drug-likeness (QED) is 0.759. The number of halogens is 3. The van der Waals surface area contributed by atoms with Gasteiger partial charge in [0.1, 0.15) is 6.61 Å². The van der Waals surface area contributed by atoms with E-state index in [1.54, 1.807) is 7.05 Å². The fraction of sp³-hybridized carbons (Fsp3) is 0.625. The van der Waals surface area contributed by atoms with Gasteiger partial charge in [0.25, 0.3) is 5.91 Å². The van der Waals surface area contributed by atoms with Crippen LogP contribution >= 0.6 is 11.3 Å². The van der Waals surface area contributed by atoms with E-state index in [1.165, 1.54) is 0 Å². The standard InChI is InChI=1S/C8H11F3N4O2S/c1-12-7-15-14-6(18-7)5(16)13-2-3-17-4-8(9,10)11/h2-4H2,1H3,(H,12,15)(H,13,16). The zero-order valence-electron chi connectivity index (χ0n) is 9.37. The van der Waals surface area contributed by atoms with Crippen molar-refractivity contribution in [1.82, 2.24) is 15.5 Å². The van der Waals surface area contributed by atoms with Gasteiger partial charge in [-0.05, 0) is 0 Å². The molecule has 1 amide bonds. The first-order valence-electron chi connectivity index (χ1n) is 4.86. The summed E-state index contributed by atoms with van der Waals surface area (Å²) in [5.41, 5.74) is 0. The zero-order valence-corrected chi connectivity index (χ0v) is 10.2. The highest BCUT2D eigenvalue weighted by atomic mass is 32.1. The van der Waals surface area contributed by atoms with Gasteiger partial charge in [0.2, 0.25) is 10.1 Å². The van der Waals surface area contributed by atoms with Crippen LogP contribution in [-0.4, -0.2) is 49.1 Å². The fourth-order valence-corrected chi connectivity index (χ4v) is 1.53. The van der Waals surface area contributed by atoms with Gasteiger partial charge < -0.3 is 15.4 Å². The lowest BCUT2D eigenvalue weighted by Crippen LogP contribution is -2.28. The number of ether oxygens (including phenoxy) is 1. The summed E-state index contributed by atoms with van der Waals surface area (Å²) in [5, 5.41) is 12.9. The van der Waals surface area contributed by atoms with Gasteiger partial charge in [0.15, 0.2) is 0 Å². The normalized spacial score (nSPS) is 11.3. The van der Waals surface area contributed by atoms with Gasteiger partial charge >= 0.3 is 6.18 Å². The van der Waals surface area contributed by atoms with Crippen LogP contribution in [-0.2, 0) is 4.74 Å². The van der Waals surface area contributed by atoms with Crippen molar-refractivity contribution in [1.29, 1.82) is 0 Å². The molecule has 0 saturated heterocycles. The molecular formula is C8H11F3N4O2S. The average Bonchev–Trinajstić information content (AvgIpc) is 2.75. The van der Waals surface area contributed by atoms with E-state index in [-0.39, 0.29) is 18.2 Å². The summed E-state index contributed by atoms with van der Waals surface area (Å²) >= 11 is 1.04. The molecular weight excluding hydrogens is 273 g/mol. The summed E-state index contributed by atoms with van der Waals surface area (Å²) in [6.45, 7) is -1.57. The summed E-state index contributed by atoms with van der Waals surface area (Å²) in [4.78, 5) is 11.4. The molecule has 1 aromatic heterocycles. The van der Waals surface area contributed by atoms with Gasteiger partial charge in [-0.2, -0.15) is 13.2 Å². The molecule has 0 aromatic carbocycles. The van der Waals surface area contributed by atoms with Crippen molar-refractivity contribution in [3.63, 3.8) is 0 Å². The molecule has 102 valence electrons. The van der Waals surface area contributed by atoms with Crippen LogP contribution in [0.5, 0.6) is 0 Å². The highest BCUT2D eigenvalue weighted by molar-refractivity contribution is 7.17. The number of aromatic nitrogens is 2. The number of hydrogen-bond acceptors (Lipinski definition) is 6. The number of anilines is 1. The SMILES string of the molecule is CNc1nnc(C(=O)NCCOCC(F)(F)F)s1. The van der Waals surface area contributed by atoms with E-state index in [9.17, 15) is 18.0 Å².